The van der Waals surface area contributed by atoms with Crippen LogP contribution in [0.4, 0.5) is 5.69 Å². The molecule has 126 valence electrons. The highest BCUT2D eigenvalue weighted by molar-refractivity contribution is 7.54. The Hall–Kier alpha value is -1.79. The zero-order chi connectivity index (χ0) is 20.5. The van der Waals surface area contributed by atoms with Crippen molar-refractivity contribution >= 4 is 24.1 Å². The summed E-state index contributed by atoms with van der Waals surface area (Å²) in [5.41, 5.74) is 0.505. The van der Waals surface area contributed by atoms with Crippen molar-refractivity contribution in [1.29, 1.82) is 0 Å². The fourth-order valence-corrected chi connectivity index (χ4v) is 4.60. The van der Waals surface area contributed by atoms with E-state index in [9.17, 15) is 14.7 Å². The average Bonchev–Trinajstić information content (AvgIpc) is 3.47. The quantitative estimate of drug-likeness (QED) is 0.343. The van der Waals surface area contributed by atoms with Gasteiger partial charge < -0.3 is 0 Å². The first kappa shape index (κ1) is 11.7. The van der Waals surface area contributed by atoms with Crippen LogP contribution < -0.4 is 0 Å². The lowest BCUT2D eigenvalue weighted by Gasteiger charge is -2.24. The molecule has 24 heavy (non-hydrogen) atoms. The summed E-state index contributed by atoms with van der Waals surface area (Å²) in [6.45, 7) is -2.22. The van der Waals surface area contributed by atoms with Crippen LogP contribution in [0.15, 0.2) is 36.4 Å². The molecule has 8 heteroatoms. The number of hydrogen-bond acceptors (Lipinski definition) is 4. The van der Waals surface area contributed by atoms with Gasteiger partial charge in [-0.2, -0.15) is 0 Å². The van der Waals surface area contributed by atoms with Crippen LogP contribution in [0.2, 0.25) is 0 Å². The van der Waals surface area contributed by atoms with Crippen LogP contribution in [0.5, 0.6) is 0 Å². The molecule has 4 rings (SSSR count). The van der Waals surface area contributed by atoms with Gasteiger partial charge in [-0.15, -0.1) is 0 Å². The van der Waals surface area contributed by atoms with E-state index in [-0.39, 0.29) is 18.8 Å². The van der Waals surface area contributed by atoms with Crippen molar-refractivity contribution in [3.63, 3.8) is 0 Å². The molecule has 7 nitrogen and oxygen atoms in total. The molecule has 2 aromatic rings. The summed E-state index contributed by atoms with van der Waals surface area (Å²) in [5, 5.41) is 12.3. The van der Waals surface area contributed by atoms with E-state index in [0.717, 1.165) is 9.34 Å². The molecular formula is C16H18N3O4P. The predicted molar refractivity (Wildman–Crippen MR) is 90.9 cm³/mol. The number of rotatable bonds is 6. The smallest absolute Gasteiger partial charge is 0.298 e. The molecule has 2 saturated heterocycles. The van der Waals surface area contributed by atoms with Crippen molar-refractivity contribution in [1.82, 2.24) is 9.34 Å². The SMILES string of the molecule is [2H]C1([2H])CN1P(=O)(O[C@H](C)c1ccc([N+](=O)[O-])c2ccccc12)N1CC1([2H])[2H]. The fraction of sp³-hybridized carbons (Fsp3) is 0.375. The molecule has 2 aliphatic heterocycles. The minimum absolute atomic E-state index is 0.0562. The summed E-state index contributed by atoms with van der Waals surface area (Å²) in [6, 6.07) is 9.63. The van der Waals surface area contributed by atoms with E-state index < -0.39 is 31.7 Å². The first-order valence-electron chi connectivity index (χ1n) is 9.48. The van der Waals surface area contributed by atoms with Gasteiger partial charge in [0.25, 0.3) is 5.69 Å². The molecule has 0 aliphatic carbocycles. The molecule has 2 unspecified atom stereocenters. The summed E-state index contributed by atoms with van der Waals surface area (Å²) in [6.07, 6.45) is -0.802. The summed E-state index contributed by atoms with van der Waals surface area (Å²) in [4.78, 5) is 10.8. The van der Waals surface area contributed by atoms with Crippen LogP contribution >= 0.6 is 7.67 Å². The number of nitrogens with zero attached hydrogens (tertiary/aromatic N) is 3. The van der Waals surface area contributed by atoms with Gasteiger partial charge in [0.1, 0.15) is 0 Å². The topological polar surface area (TPSA) is 75.5 Å². The first-order valence-corrected chi connectivity index (χ1v) is 9.01. The summed E-state index contributed by atoms with van der Waals surface area (Å²) < 4.78 is 52.5. The highest BCUT2D eigenvalue weighted by Crippen LogP contribution is 2.63. The Labute approximate surface area is 145 Å². The average molecular weight is 351 g/mol. The zero-order valence-electron chi connectivity index (χ0n) is 16.9. The van der Waals surface area contributed by atoms with E-state index in [0.29, 0.717) is 16.3 Å². The molecule has 2 fully saturated rings. The van der Waals surface area contributed by atoms with Crippen LogP contribution in [-0.4, -0.2) is 40.3 Å². The normalized spacial score (nSPS) is 32.5. The Kier molecular flexibility index (Phi) is 2.75. The van der Waals surface area contributed by atoms with E-state index in [2.05, 4.69) is 0 Å². The van der Waals surface area contributed by atoms with Gasteiger partial charge in [-0.05, 0) is 30.0 Å². The van der Waals surface area contributed by atoms with Gasteiger partial charge in [0.15, 0.2) is 0 Å². The van der Waals surface area contributed by atoms with Gasteiger partial charge >= 0.3 is 7.67 Å². The van der Waals surface area contributed by atoms with Gasteiger partial charge in [0, 0.05) is 37.6 Å². The van der Waals surface area contributed by atoms with E-state index in [4.69, 9.17) is 10.0 Å². The van der Waals surface area contributed by atoms with E-state index in [1.807, 2.05) is 0 Å². The molecule has 0 spiro atoms. The Bertz CT molecular complexity index is 1010. The third-order valence-corrected chi connectivity index (χ3v) is 6.45. The van der Waals surface area contributed by atoms with Gasteiger partial charge in [-0.3, -0.25) is 19.2 Å². The highest BCUT2D eigenvalue weighted by atomic mass is 31.2. The molecule has 0 N–H and O–H groups in total. The first-order chi connectivity index (χ1) is 13.0. The standard InChI is InChI=1S/C16H18N3O4P/c1-12(23-24(22,17-8-9-17)18-10-11-18)13-6-7-16(19(20)21)15-5-3-2-4-14(13)15/h2-7,12H,8-11H2,1H3/t12-/m1/s1/i8D2,10D2/t12-,17?,18?,24?. The van der Waals surface area contributed by atoms with Crippen molar-refractivity contribution in [3.05, 3.63) is 52.1 Å². The number of nitro groups is 1. The second-order valence-electron chi connectivity index (χ2n) is 5.65. The summed E-state index contributed by atoms with van der Waals surface area (Å²) in [5.74, 6) is 0. The third kappa shape index (κ3) is 2.63. The molecule has 0 bridgehead atoms. The second-order valence-corrected chi connectivity index (χ2v) is 7.80. The maximum absolute atomic E-state index is 13.5. The monoisotopic (exact) mass is 351 g/mol. The van der Waals surface area contributed by atoms with Gasteiger partial charge in [0.05, 0.1) is 16.4 Å². The van der Waals surface area contributed by atoms with Crippen molar-refractivity contribution < 1.29 is 19.5 Å². The van der Waals surface area contributed by atoms with Crippen molar-refractivity contribution in [3.8, 4) is 0 Å². The molecule has 0 radical (unpaired) electrons. The lowest BCUT2D eigenvalue weighted by atomic mass is 10.00. The maximum Gasteiger partial charge on any atom is 0.346 e. The lowest BCUT2D eigenvalue weighted by molar-refractivity contribution is -0.383. The van der Waals surface area contributed by atoms with Crippen molar-refractivity contribution in [2.45, 2.75) is 13.0 Å². The van der Waals surface area contributed by atoms with Gasteiger partial charge in [-0.1, -0.05) is 18.2 Å². The Balaban J connectivity index is 1.72. The van der Waals surface area contributed by atoms with Gasteiger partial charge in [0.2, 0.25) is 0 Å². The number of hydrogen-bond donors (Lipinski definition) is 0. The lowest BCUT2D eigenvalue weighted by Crippen LogP contribution is -2.11. The molecule has 0 aromatic heterocycles. The summed E-state index contributed by atoms with van der Waals surface area (Å²) >= 11 is 0. The highest BCUT2D eigenvalue weighted by Gasteiger charge is 2.50. The van der Waals surface area contributed by atoms with Crippen molar-refractivity contribution in [2.24, 2.45) is 0 Å². The minimum atomic E-state index is -3.93. The number of nitro benzene ring substituents is 1. The summed E-state index contributed by atoms with van der Waals surface area (Å²) in [7, 11) is -3.93. The van der Waals surface area contributed by atoms with E-state index in [1.165, 1.54) is 12.1 Å². The minimum Gasteiger partial charge on any atom is -0.298 e. The molecule has 0 saturated carbocycles. The Morgan fingerprint density at radius 2 is 1.79 bits per heavy atom. The Morgan fingerprint density at radius 3 is 2.33 bits per heavy atom. The van der Waals surface area contributed by atoms with E-state index in [1.54, 1.807) is 31.2 Å². The predicted octanol–water partition coefficient (Wildman–Crippen LogP) is 3.56. The second kappa shape index (κ2) is 5.63. The number of benzene rings is 2. The largest absolute Gasteiger partial charge is 0.346 e. The maximum atomic E-state index is 13.5. The molecule has 2 aromatic carbocycles. The van der Waals surface area contributed by atoms with Crippen molar-refractivity contribution in [2.75, 3.05) is 26.1 Å². The molecule has 2 heterocycles. The number of non-ortho nitro benzene ring substituents is 1. The Morgan fingerprint density at radius 1 is 1.21 bits per heavy atom. The molecule has 3 atom stereocenters. The molecule has 0 amide bonds. The van der Waals surface area contributed by atoms with Crippen LogP contribution in [-0.2, 0) is 9.09 Å². The third-order valence-electron chi connectivity index (χ3n) is 4.07. The van der Waals surface area contributed by atoms with Crippen LogP contribution in [0.25, 0.3) is 10.8 Å². The van der Waals surface area contributed by atoms with Gasteiger partial charge in [-0.25, -0.2) is 9.34 Å². The van der Waals surface area contributed by atoms with Crippen LogP contribution in [0.3, 0.4) is 0 Å². The number of fused-ring (bicyclic) bond motifs is 1. The fourth-order valence-electron chi connectivity index (χ4n) is 2.75. The molecular weight excluding hydrogens is 329 g/mol. The zero-order valence-corrected chi connectivity index (χ0v) is 13.8. The van der Waals surface area contributed by atoms with Crippen LogP contribution in [0, 0.1) is 10.1 Å². The molecule has 2 aliphatic rings. The van der Waals surface area contributed by atoms with Crippen LogP contribution in [0.1, 0.15) is 24.1 Å². The van der Waals surface area contributed by atoms with E-state index >= 15 is 0 Å².